The van der Waals surface area contributed by atoms with E-state index in [1.165, 1.54) is 16.8 Å². The van der Waals surface area contributed by atoms with Gasteiger partial charge in [-0.3, -0.25) is 4.79 Å². The van der Waals surface area contributed by atoms with Gasteiger partial charge in [-0.1, -0.05) is 0 Å². The molecule has 0 aliphatic carbocycles. The smallest absolute Gasteiger partial charge is 0.292 e. The van der Waals surface area contributed by atoms with Crippen LogP contribution in [0.15, 0.2) is 17.1 Å². The van der Waals surface area contributed by atoms with Crippen molar-refractivity contribution in [2.75, 3.05) is 6.61 Å². The first-order valence-electron chi connectivity index (χ1n) is 4.50. The molecule has 0 fully saturated rings. The van der Waals surface area contributed by atoms with Gasteiger partial charge in [0, 0.05) is 18.8 Å². The minimum Gasteiger partial charge on any atom is -0.488 e. The van der Waals surface area contributed by atoms with Crippen molar-refractivity contribution in [2.24, 2.45) is 0 Å². The van der Waals surface area contributed by atoms with Crippen molar-refractivity contribution >= 4 is 0 Å². The first-order valence-corrected chi connectivity index (χ1v) is 4.50. The van der Waals surface area contributed by atoms with Gasteiger partial charge < -0.3 is 9.30 Å². The molecule has 4 heteroatoms. The van der Waals surface area contributed by atoms with E-state index in [1.807, 2.05) is 13.0 Å². The van der Waals surface area contributed by atoms with Crippen molar-refractivity contribution in [3.63, 3.8) is 0 Å². The number of rotatable bonds is 3. The largest absolute Gasteiger partial charge is 0.488 e. The standard InChI is InChI=1S/C10H12N2O2/c1-3-12-7-8(6-11)5-9(10(12)13)14-4-2/h5,7H,3-4H2,1-2H3. The molecule has 0 atom stereocenters. The summed E-state index contributed by atoms with van der Waals surface area (Å²) in [5.74, 6) is 0.244. The van der Waals surface area contributed by atoms with Crippen LogP contribution in [0.5, 0.6) is 5.75 Å². The summed E-state index contributed by atoms with van der Waals surface area (Å²) in [6, 6.07) is 3.46. The Bertz CT molecular complexity index is 415. The second-order valence-corrected chi connectivity index (χ2v) is 2.73. The molecule has 0 unspecified atom stereocenters. The van der Waals surface area contributed by atoms with Crippen LogP contribution >= 0.6 is 0 Å². The van der Waals surface area contributed by atoms with E-state index >= 15 is 0 Å². The maximum atomic E-state index is 11.6. The highest BCUT2D eigenvalue weighted by atomic mass is 16.5. The van der Waals surface area contributed by atoms with E-state index in [4.69, 9.17) is 10.00 Å². The highest BCUT2D eigenvalue weighted by Crippen LogP contribution is 2.06. The van der Waals surface area contributed by atoms with Crippen LogP contribution in [-0.2, 0) is 6.54 Å². The fourth-order valence-electron chi connectivity index (χ4n) is 1.16. The summed E-state index contributed by atoms with van der Waals surface area (Å²) < 4.78 is 6.60. The number of hydrogen-bond donors (Lipinski definition) is 0. The second-order valence-electron chi connectivity index (χ2n) is 2.73. The molecular weight excluding hydrogens is 180 g/mol. The van der Waals surface area contributed by atoms with E-state index in [1.54, 1.807) is 6.92 Å². The highest BCUT2D eigenvalue weighted by molar-refractivity contribution is 5.33. The molecule has 0 aliphatic heterocycles. The van der Waals surface area contributed by atoms with Crippen LogP contribution in [0.1, 0.15) is 19.4 Å². The summed E-state index contributed by atoms with van der Waals surface area (Å²) in [5.41, 5.74) is 0.253. The molecule has 0 N–H and O–H groups in total. The molecule has 14 heavy (non-hydrogen) atoms. The van der Waals surface area contributed by atoms with Gasteiger partial charge >= 0.3 is 0 Å². The van der Waals surface area contributed by atoms with E-state index in [9.17, 15) is 4.79 Å². The van der Waals surface area contributed by atoms with Gasteiger partial charge in [-0.2, -0.15) is 5.26 Å². The minimum absolute atomic E-state index is 0.187. The molecular formula is C10H12N2O2. The molecule has 1 rings (SSSR count). The summed E-state index contributed by atoms with van der Waals surface area (Å²) in [7, 11) is 0. The van der Waals surface area contributed by atoms with Crippen LogP contribution in [0.4, 0.5) is 0 Å². The van der Waals surface area contributed by atoms with Gasteiger partial charge in [-0.15, -0.1) is 0 Å². The van der Waals surface area contributed by atoms with Crippen molar-refractivity contribution in [2.45, 2.75) is 20.4 Å². The lowest BCUT2D eigenvalue weighted by Crippen LogP contribution is -2.21. The zero-order valence-electron chi connectivity index (χ0n) is 8.28. The molecule has 0 aliphatic rings. The summed E-state index contributed by atoms with van der Waals surface area (Å²) in [6.07, 6.45) is 1.53. The van der Waals surface area contributed by atoms with Gasteiger partial charge in [0.25, 0.3) is 5.56 Å². The summed E-state index contributed by atoms with van der Waals surface area (Å²) in [6.45, 7) is 4.61. The fourth-order valence-corrected chi connectivity index (χ4v) is 1.16. The van der Waals surface area contributed by atoms with Crippen molar-refractivity contribution in [3.05, 3.63) is 28.2 Å². The van der Waals surface area contributed by atoms with Gasteiger partial charge in [0.15, 0.2) is 5.75 Å². The van der Waals surface area contributed by atoms with Crippen LogP contribution in [0, 0.1) is 11.3 Å². The van der Waals surface area contributed by atoms with Crippen LogP contribution in [0.25, 0.3) is 0 Å². The summed E-state index contributed by atoms with van der Waals surface area (Å²) in [4.78, 5) is 11.6. The lowest BCUT2D eigenvalue weighted by molar-refractivity contribution is 0.332. The average Bonchev–Trinajstić information content (AvgIpc) is 2.21. The number of aromatic nitrogens is 1. The molecule has 4 nitrogen and oxygen atoms in total. The predicted molar refractivity (Wildman–Crippen MR) is 52.3 cm³/mol. The molecule has 0 saturated heterocycles. The minimum atomic E-state index is -0.187. The van der Waals surface area contributed by atoms with E-state index < -0.39 is 0 Å². The fraction of sp³-hybridized carbons (Fsp3) is 0.400. The van der Waals surface area contributed by atoms with Gasteiger partial charge in [-0.25, -0.2) is 0 Å². The third kappa shape index (κ3) is 1.94. The van der Waals surface area contributed by atoms with E-state index in [-0.39, 0.29) is 11.3 Å². The molecule has 0 radical (unpaired) electrons. The normalized spacial score (nSPS) is 9.50. The quantitative estimate of drug-likeness (QED) is 0.721. The Morgan fingerprint density at radius 1 is 1.57 bits per heavy atom. The maximum Gasteiger partial charge on any atom is 0.292 e. The van der Waals surface area contributed by atoms with Crippen LogP contribution in [-0.4, -0.2) is 11.2 Å². The number of ether oxygens (including phenoxy) is 1. The van der Waals surface area contributed by atoms with E-state index in [2.05, 4.69) is 0 Å². The number of hydrogen-bond acceptors (Lipinski definition) is 3. The number of aryl methyl sites for hydroxylation is 1. The van der Waals surface area contributed by atoms with Gasteiger partial charge in [0.1, 0.15) is 6.07 Å². The van der Waals surface area contributed by atoms with E-state index in [0.29, 0.717) is 18.7 Å². The van der Waals surface area contributed by atoms with Crippen molar-refractivity contribution in [1.29, 1.82) is 5.26 Å². The first-order chi connectivity index (χ1) is 6.72. The van der Waals surface area contributed by atoms with Crippen molar-refractivity contribution in [1.82, 2.24) is 4.57 Å². The highest BCUT2D eigenvalue weighted by Gasteiger charge is 2.05. The van der Waals surface area contributed by atoms with Crippen molar-refractivity contribution < 1.29 is 4.74 Å². The predicted octanol–water partition coefficient (Wildman–Crippen LogP) is 1.14. The molecule has 0 amide bonds. The maximum absolute atomic E-state index is 11.6. The monoisotopic (exact) mass is 192 g/mol. The molecule has 0 aromatic carbocycles. The Balaban J connectivity index is 3.29. The zero-order chi connectivity index (χ0) is 10.6. The number of nitriles is 1. The average molecular weight is 192 g/mol. The molecule has 1 aromatic rings. The third-order valence-electron chi connectivity index (χ3n) is 1.82. The molecule has 0 spiro atoms. The molecule has 1 aromatic heterocycles. The van der Waals surface area contributed by atoms with E-state index in [0.717, 1.165) is 0 Å². The number of pyridine rings is 1. The molecule has 0 bridgehead atoms. The van der Waals surface area contributed by atoms with Crippen molar-refractivity contribution in [3.8, 4) is 11.8 Å². The van der Waals surface area contributed by atoms with Gasteiger partial charge in [0.05, 0.1) is 12.2 Å². The first kappa shape index (κ1) is 10.3. The summed E-state index contributed by atoms with van der Waals surface area (Å²) in [5, 5.41) is 8.72. The van der Waals surface area contributed by atoms with Crippen LogP contribution in [0.2, 0.25) is 0 Å². The van der Waals surface area contributed by atoms with Crippen LogP contribution in [0.3, 0.4) is 0 Å². The Morgan fingerprint density at radius 3 is 2.79 bits per heavy atom. The summed E-state index contributed by atoms with van der Waals surface area (Å²) >= 11 is 0. The lowest BCUT2D eigenvalue weighted by Gasteiger charge is -2.06. The Hall–Kier alpha value is -1.76. The topological polar surface area (TPSA) is 55.0 Å². The van der Waals surface area contributed by atoms with Gasteiger partial charge in [-0.05, 0) is 13.8 Å². The zero-order valence-corrected chi connectivity index (χ0v) is 8.28. The Morgan fingerprint density at radius 2 is 2.29 bits per heavy atom. The SMILES string of the molecule is CCOc1cc(C#N)cn(CC)c1=O. The molecule has 1 heterocycles. The molecule has 74 valence electrons. The second kappa shape index (κ2) is 4.47. The Kier molecular flexibility index (Phi) is 3.29. The number of nitrogens with zero attached hydrogens (tertiary/aromatic N) is 2. The Labute approximate surface area is 82.4 Å². The van der Waals surface area contributed by atoms with Gasteiger partial charge in [0.2, 0.25) is 0 Å². The third-order valence-corrected chi connectivity index (χ3v) is 1.82. The molecule has 0 saturated carbocycles. The lowest BCUT2D eigenvalue weighted by atomic mass is 10.3. The van der Waals surface area contributed by atoms with Crippen LogP contribution < -0.4 is 10.3 Å².